The second kappa shape index (κ2) is 8.14. The zero-order chi connectivity index (χ0) is 16.7. The lowest BCUT2D eigenvalue weighted by atomic mass is 10.2. The van der Waals surface area contributed by atoms with Crippen molar-refractivity contribution < 1.29 is 14.3 Å². The van der Waals surface area contributed by atoms with E-state index in [1.54, 1.807) is 26.4 Å². The van der Waals surface area contributed by atoms with E-state index in [2.05, 4.69) is 10.3 Å². The molecule has 6 heteroatoms. The molecule has 0 aliphatic carbocycles. The first-order valence-corrected chi connectivity index (χ1v) is 7.32. The standard InChI is InChI=1S/C17H21N3O3/c1-12(18)17(21)20-10-13-5-6-15(16(8-13)22-2)23-11-14-4-3-7-19-9-14/h3-9,12H,10-11,18H2,1-2H3,(H,20,21)/t12-/m1/s1. The second-order valence-corrected chi connectivity index (χ2v) is 5.14. The zero-order valence-corrected chi connectivity index (χ0v) is 13.3. The molecule has 1 heterocycles. The minimum Gasteiger partial charge on any atom is -0.493 e. The van der Waals surface area contributed by atoms with Gasteiger partial charge in [-0.2, -0.15) is 0 Å². The van der Waals surface area contributed by atoms with E-state index in [0.29, 0.717) is 24.7 Å². The molecule has 3 N–H and O–H groups in total. The summed E-state index contributed by atoms with van der Waals surface area (Å²) in [4.78, 5) is 15.5. The van der Waals surface area contributed by atoms with Crippen LogP contribution < -0.4 is 20.5 Å². The predicted octanol–water partition coefficient (Wildman–Crippen LogP) is 1.63. The van der Waals surface area contributed by atoms with Crippen LogP contribution in [-0.2, 0) is 17.9 Å². The van der Waals surface area contributed by atoms with Gasteiger partial charge in [-0.1, -0.05) is 12.1 Å². The van der Waals surface area contributed by atoms with Gasteiger partial charge in [-0.15, -0.1) is 0 Å². The molecule has 6 nitrogen and oxygen atoms in total. The van der Waals surface area contributed by atoms with Gasteiger partial charge in [0, 0.05) is 24.5 Å². The Morgan fingerprint density at radius 1 is 1.30 bits per heavy atom. The Balaban J connectivity index is 2.00. The van der Waals surface area contributed by atoms with Crippen molar-refractivity contribution in [3.63, 3.8) is 0 Å². The molecular weight excluding hydrogens is 294 g/mol. The number of ether oxygens (including phenoxy) is 2. The smallest absolute Gasteiger partial charge is 0.236 e. The number of pyridine rings is 1. The summed E-state index contributed by atoms with van der Waals surface area (Å²) in [7, 11) is 1.58. The van der Waals surface area contributed by atoms with Crippen LogP contribution in [0.25, 0.3) is 0 Å². The lowest BCUT2D eigenvalue weighted by Crippen LogP contribution is -2.37. The van der Waals surface area contributed by atoms with E-state index in [-0.39, 0.29) is 5.91 Å². The first kappa shape index (κ1) is 16.8. The van der Waals surface area contributed by atoms with Crippen LogP contribution in [0, 0.1) is 0 Å². The molecule has 2 rings (SSSR count). The summed E-state index contributed by atoms with van der Waals surface area (Å²) < 4.78 is 11.1. The van der Waals surface area contributed by atoms with Crippen LogP contribution >= 0.6 is 0 Å². The fourth-order valence-electron chi connectivity index (χ4n) is 1.94. The van der Waals surface area contributed by atoms with Gasteiger partial charge in [0.05, 0.1) is 13.2 Å². The number of methoxy groups -OCH3 is 1. The third-order valence-corrected chi connectivity index (χ3v) is 3.23. The van der Waals surface area contributed by atoms with Crippen LogP contribution in [0.5, 0.6) is 11.5 Å². The maximum absolute atomic E-state index is 11.5. The minimum absolute atomic E-state index is 0.194. The normalized spacial score (nSPS) is 11.6. The quantitative estimate of drug-likeness (QED) is 0.811. The number of hydrogen-bond donors (Lipinski definition) is 2. The SMILES string of the molecule is COc1cc(CNC(=O)[C@@H](C)N)ccc1OCc1cccnc1. The van der Waals surface area contributed by atoms with Gasteiger partial charge in [0.1, 0.15) is 6.61 Å². The molecule has 23 heavy (non-hydrogen) atoms. The Bertz CT molecular complexity index is 645. The van der Waals surface area contributed by atoms with E-state index < -0.39 is 6.04 Å². The Morgan fingerprint density at radius 2 is 2.13 bits per heavy atom. The molecule has 0 spiro atoms. The number of nitrogens with one attached hydrogen (secondary N) is 1. The highest BCUT2D eigenvalue weighted by Gasteiger charge is 2.09. The number of benzene rings is 1. The molecule has 1 atom stereocenters. The van der Waals surface area contributed by atoms with E-state index in [4.69, 9.17) is 15.2 Å². The summed E-state index contributed by atoms with van der Waals surface area (Å²) >= 11 is 0. The molecule has 1 aromatic carbocycles. The third kappa shape index (κ3) is 4.96. The molecule has 2 aromatic rings. The molecule has 0 aliphatic heterocycles. The van der Waals surface area contributed by atoms with Crippen LogP contribution in [0.4, 0.5) is 0 Å². The van der Waals surface area contributed by atoms with Crippen molar-refractivity contribution in [2.75, 3.05) is 7.11 Å². The number of aromatic nitrogens is 1. The van der Waals surface area contributed by atoms with Crippen molar-refractivity contribution in [3.8, 4) is 11.5 Å². The Kier molecular flexibility index (Phi) is 5.94. The number of nitrogens with two attached hydrogens (primary N) is 1. The van der Waals surface area contributed by atoms with Crippen LogP contribution in [0.3, 0.4) is 0 Å². The number of rotatable bonds is 7. The summed E-state index contributed by atoms with van der Waals surface area (Å²) in [6, 6.07) is 8.81. The monoisotopic (exact) mass is 315 g/mol. The van der Waals surface area contributed by atoms with Crippen molar-refractivity contribution >= 4 is 5.91 Å². The number of carbonyl (C=O) groups excluding carboxylic acids is 1. The molecular formula is C17H21N3O3. The van der Waals surface area contributed by atoms with Gasteiger partial charge in [-0.3, -0.25) is 9.78 Å². The largest absolute Gasteiger partial charge is 0.493 e. The summed E-state index contributed by atoms with van der Waals surface area (Å²) in [5.41, 5.74) is 7.40. The van der Waals surface area contributed by atoms with Gasteiger partial charge in [-0.05, 0) is 30.7 Å². The van der Waals surface area contributed by atoms with Gasteiger partial charge in [0.15, 0.2) is 11.5 Å². The molecule has 0 aliphatic rings. The summed E-state index contributed by atoms with van der Waals surface area (Å²) in [5.74, 6) is 1.06. The van der Waals surface area contributed by atoms with Crippen LogP contribution in [0.2, 0.25) is 0 Å². The molecule has 0 saturated heterocycles. The average molecular weight is 315 g/mol. The lowest BCUT2D eigenvalue weighted by molar-refractivity contribution is -0.122. The van der Waals surface area contributed by atoms with Crippen LogP contribution in [-0.4, -0.2) is 24.0 Å². The highest BCUT2D eigenvalue weighted by molar-refractivity contribution is 5.80. The zero-order valence-electron chi connectivity index (χ0n) is 13.3. The van der Waals surface area contributed by atoms with Crippen LogP contribution in [0.1, 0.15) is 18.1 Å². The van der Waals surface area contributed by atoms with Gasteiger partial charge >= 0.3 is 0 Å². The summed E-state index contributed by atoms with van der Waals surface area (Å²) in [6.45, 7) is 2.44. The van der Waals surface area contributed by atoms with E-state index in [0.717, 1.165) is 11.1 Å². The Morgan fingerprint density at radius 3 is 2.78 bits per heavy atom. The van der Waals surface area contributed by atoms with Gasteiger partial charge in [-0.25, -0.2) is 0 Å². The molecule has 0 saturated carbocycles. The fourth-order valence-corrected chi connectivity index (χ4v) is 1.94. The molecule has 0 radical (unpaired) electrons. The number of hydrogen-bond acceptors (Lipinski definition) is 5. The van der Waals surface area contributed by atoms with E-state index in [1.165, 1.54) is 0 Å². The van der Waals surface area contributed by atoms with Crippen molar-refractivity contribution in [3.05, 3.63) is 53.9 Å². The number of carbonyl (C=O) groups is 1. The number of nitrogens with zero attached hydrogens (tertiary/aromatic N) is 1. The summed E-state index contributed by atoms with van der Waals surface area (Å²) in [6.07, 6.45) is 3.47. The molecule has 0 unspecified atom stereocenters. The highest BCUT2D eigenvalue weighted by atomic mass is 16.5. The molecule has 1 amide bonds. The molecule has 0 bridgehead atoms. The first-order chi connectivity index (χ1) is 11.1. The summed E-state index contributed by atoms with van der Waals surface area (Å²) in [5, 5.41) is 2.76. The van der Waals surface area contributed by atoms with E-state index in [9.17, 15) is 4.79 Å². The fraction of sp³-hybridized carbons (Fsp3) is 0.294. The van der Waals surface area contributed by atoms with Gasteiger partial charge < -0.3 is 20.5 Å². The van der Waals surface area contributed by atoms with Crippen molar-refractivity contribution in [2.24, 2.45) is 5.73 Å². The Hall–Kier alpha value is -2.60. The van der Waals surface area contributed by atoms with E-state index in [1.807, 2.05) is 30.3 Å². The predicted molar refractivity (Wildman–Crippen MR) is 87.1 cm³/mol. The third-order valence-electron chi connectivity index (χ3n) is 3.23. The highest BCUT2D eigenvalue weighted by Crippen LogP contribution is 2.28. The first-order valence-electron chi connectivity index (χ1n) is 7.32. The maximum atomic E-state index is 11.5. The Labute approximate surface area is 135 Å². The lowest BCUT2D eigenvalue weighted by Gasteiger charge is -2.13. The molecule has 0 fully saturated rings. The number of amides is 1. The van der Waals surface area contributed by atoms with Crippen molar-refractivity contribution in [1.82, 2.24) is 10.3 Å². The van der Waals surface area contributed by atoms with Crippen molar-refractivity contribution in [1.29, 1.82) is 0 Å². The molecule has 1 aromatic heterocycles. The molecule has 122 valence electrons. The van der Waals surface area contributed by atoms with Gasteiger partial charge in [0.25, 0.3) is 0 Å². The maximum Gasteiger partial charge on any atom is 0.236 e. The topological polar surface area (TPSA) is 86.5 Å². The van der Waals surface area contributed by atoms with Crippen LogP contribution in [0.15, 0.2) is 42.7 Å². The average Bonchev–Trinajstić information content (AvgIpc) is 2.58. The van der Waals surface area contributed by atoms with Crippen molar-refractivity contribution in [2.45, 2.75) is 26.1 Å². The second-order valence-electron chi connectivity index (χ2n) is 5.14. The van der Waals surface area contributed by atoms with E-state index >= 15 is 0 Å². The minimum atomic E-state index is -0.529. The van der Waals surface area contributed by atoms with Gasteiger partial charge in [0.2, 0.25) is 5.91 Å².